The summed E-state index contributed by atoms with van der Waals surface area (Å²) in [4.78, 5) is 22.9. The van der Waals surface area contributed by atoms with E-state index in [1.54, 1.807) is 17.4 Å². The summed E-state index contributed by atoms with van der Waals surface area (Å²) in [6.45, 7) is 0.397. The number of carboxylic acid groups (broad SMARTS) is 1. The number of anilines is 1. The van der Waals surface area contributed by atoms with Gasteiger partial charge in [0, 0.05) is 11.0 Å². The largest absolute Gasteiger partial charge is 0.478 e. The highest BCUT2D eigenvalue weighted by atomic mass is 79.9. The van der Waals surface area contributed by atoms with Crippen LogP contribution in [0.25, 0.3) is 0 Å². The van der Waals surface area contributed by atoms with Crippen molar-refractivity contribution in [3.63, 3.8) is 0 Å². The van der Waals surface area contributed by atoms with Crippen LogP contribution in [-0.4, -0.2) is 17.1 Å². The normalized spacial score (nSPS) is 10.1. The molecule has 0 atom stereocenters. The molecule has 0 unspecified atom stereocenters. The lowest BCUT2D eigenvalue weighted by molar-refractivity contribution is 0.0698. The van der Waals surface area contributed by atoms with Crippen LogP contribution in [0.15, 0.2) is 39.5 Å². The fourth-order valence-electron chi connectivity index (χ4n) is 1.54. The first-order chi connectivity index (χ1) is 9.56. The third-order valence-electron chi connectivity index (χ3n) is 2.49. The molecular formula is C13H11BrN2O3S. The monoisotopic (exact) mass is 354 g/mol. The molecule has 0 aliphatic heterocycles. The summed E-state index contributed by atoms with van der Waals surface area (Å²) < 4.78 is 0.638. The van der Waals surface area contributed by atoms with Crippen LogP contribution in [0.2, 0.25) is 0 Å². The molecule has 1 aromatic carbocycles. The Labute approximate surface area is 127 Å². The second kappa shape index (κ2) is 6.53. The van der Waals surface area contributed by atoms with Crippen LogP contribution in [0.1, 0.15) is 15.9 Å². The second-order valence-corrected chi connectivity index (χ2v) is 5.63. The average Bonchev–Trinajstić information content (AvgIpc) is 2.91. The van der Waals surface area contributed by atoms with E-state index in [0.717, 1.165) is 5.56 Å². The standard InChI is InChI=1S/C13H11BrN2O3S/c14-9-1-2-11(10(5-9)12(17)18)16-13(19)15-6-8-3-4-20-7-8/h1-5,7H,6H2,(H,17,18)(H2,15,16,19). The zero-order valence-electron chi connectivity index (χ0n) is 10.2. The summed E-state index contributed by atoms with van der Waals surface area (Å²) in [5.74, 6) is -1.10. The van der Waals surface area contributed by atoms with Crippen molar-refractivity contribution in [2.75, 3.05) is 5.32 Å². The van der Waals surface area contributed by atoms with E-state index in [1.165, 1.54) is 12.1 Å². The molecule has 104 valence electrons. The third kappa shape index (κ3) is 3.82. The van der Waals surface area contributed by atoms with Crippen LogP contribution in [0.4, 0.5) is 10.5 Å². The number of carbonyl (C=O) groups excluding carboxylic acids is 1. The van der Waals surface area contributed by atoms with Gasteiger partial charge in [0.05, 0.1) is 11.3 Å². The molecule has 3 N–H and O–H groups in total. The van der Waals surface area contributed by atoms with Gasteiger partial charge in [-0.2, -0.15) is 11.3 Å². The molecular weight excluding hydrogens is 344 g/mol. The smallest absolute Gasteiger partial charge is 0.337 e. The number of halogens is 1. The Morgan fingerprint density at radius 2 is 2.10 bits per heavy atom. The number of nitrogens with one attached hydrogen (secondary N) is 2. The van der Waals surface area contributed by atoms with Gasteiger partial charge >= 0.3 is 12.0 Å². The van der Waals surface area contributed by atoms with Crippen LogP contribution in [0.3, 0.4) is 0 Å². The predicted octanol–water partition coefficient (Wildman–Crippen LogP) is 3.53. The van der Waals surface area contributed by atoms with E-state index in [9.17, 15) is 9.59 Å². The molecule has 0 spiro atoms. The van der Waals surface area contributed by atoms with Gasteiger partial charge in [-0.3, -0.25) is 0 Å². The first-order valence-electron chi connectivity index (χ1n) is 5.65. The Balaban J connectivity index is 2.02. The van der Waals surface area contributed by atoms with Crippen molar-refractivity contribution in [3.05, 3.63) is 50.6 Å². The maximum atomic E-state index is 11.7. The van der Waals surface area contributed by atoms with Gasteiger partial charge in [-0.15, -0.1) is 0 Å². The molecule has 1 heterocycles. The summed E-state index contributed by atoms with van der Waals surface area (Å²) >= 11 is 4.75. The van der Waals surface area contributed by atoms with Crippen molar-refractivity contribution < 1.29 is 14.7 Å². The van der Waals surface area contributed by atoms with Crippen molar-refractivity contribution in [1.82, 2.24) is 5.32 Å². The van der Waals surface area contributed by atoms with Gasteiger partial charge in [0.2, 0.25) is 0 Å². The fourth-order valence-corrected chi connectivity index (χ4v) is 2.57. The lowest BCUT2D eigenvalue weighted by Gasteiger charge is -2.09. The van der Waals surface area contributed by atoms with Crippen LogP contribution in [0.5, 0.6) is 0 Å². The van der Waals surface area contributed by atoms with E-state index < -0.39 is 12.0 Å². The van der Waals surface area contributed by atoms with Crippen molar-refractivity contribution in [3.8, 4) is 0 Å². The molecule has 2 aromatic rings. The van der Waals surface area contributed by atoms with Gasteiger partial charge < -0.3 is 15.7 Å². The van der Waals surface area contributed by atoms with Gasteiger partial charge in [0.1, 0.15) is 0 Å². The van der Waals surface area contributed by atoms with Crippen LogP contribution in [-0.2, 0) is 6.54 Å². The number of aromatic carboxylic acids is 1. The Morgan fingerprint density at radius 1 is 1.30 bits per heavy atom. The Hall–Kier alpha value is -1.86. The molecule has 1 aromatic heterocycles. The summed E-state index contributed by atoms with van der Waals surface area (Å²) in [6, 6.07) is 6.11. The minimum atomic E-state index is -1.10. The van der Waals surface area contributed by atoms with Crippen molar-refractivity contribution in [1.29, 1.82) is 0 Å². The molecule has 0 saturated heterocycles. The van der Waals surface area contributed by atoms with Crippen molar-refractivity contribution in [2.45, 2.75) is 6.54 Å². The number of benzene rings is 1. The summed E-state index contributed by atoms with van der Waals surface area (Å²) in [5.41, 5.74) is 1.29. The van der Waals surface area contributed by atoms with Gasteiger partial charge in [0.25, 0.3) is 0 Å². The molecule has 2 rings (SSSR count). The number of amides is 2. The Kier molecular flexibility index (Phi) is 4.75. The third-order valence-corrected chi connectivity index (χ3v) is 3.72. The second-order valence-electron chi connectivity index (χ2n) is 3.93. The first kappa shape index (κ1) is 14.5. The average molecular weight is 355 g/mol. The van der Waals surface area contributed by atoms with Gasteiger partial charge in [-0.1, -0.05) is 15.9 Å². The molecule has 0 aliphatic rings. The van der Waals surface area contributed by atoms with E-state index >= 15 is 0 Å². The summed E-state index contributed by atoms with van der Waals surface area (Å²) in [6.07, 6.45) is 0. The van der Waals surface area contributed by atoms with Crippen LogP contribution < -0.4 is 10.6 Å². The highest BCUT2D eigenvalue weighted by molar-refractivity contribution is 9.10. The van der Waals surface area contributed by atoms with E-state index in [-0.39, 0.29) is 11.3 Å². The zero-order chi connectivity index (χ0) is 14.5. The topological polar surface area (TPSA) is 78.4 Å². The number of rotatable bonds is 4. The van der Waals surface area contributed by atoms with E-state index in [0.29, 0.717) is 11.0 Å². The van der Waals surface area contributed by atoms with Gasteiger partial charge in [-0.05, 0) is 40.6 Å². The Bertz CT molecular complexity index is 629. The molecule has 0 saturated carbocycles. The highest BCUT2D eigenvalue weighted by Gasteiger charge is 2.12. The number of carbonyl (C=O) groups is 2. The molecule has 2 amide bonds. The summed E-state index contributed by atoms with van der Waals surface area (Å²) in [5, 5.41) is 18.1. The number of hydrogen-bond acceptors (Lipinski definition) is 3. The van der Waals surface area contributed by atoms with E-state index in [2.05, 4.69) is 26.6 Å². The van der Waals surface area contributed by atoms with Gasteiger partial charge in [-0.25, -0.2) is 9.59 Å². The lowest BCUT2D eigenvalue weighted by Crippen LogP contribution is -2.28. The first-order valence-corrected chi connectivity index (χ1v) is 7.38. The number of hydrogen-bond donors (Lipinski definition) is 3. The highest BCUT2D eigenvalue weighted by Crippen LogP contribution is 2.21. The van der Waals surface area contributed by atoms with Crippen LogP contribution in [0, 0.1) is 0 Å². The van der Waals surface area contributed by atoms with Gasteiger partial charge in [0.15, 0.2) is 0 Å². The van der Waals surface area contributed by atoms with E-state index in [4.69, 9.17) is 5.11 Å². The maximum Gasteiger partial charge on any atom is 0.337 e. The summed E-state index contributed by atoms with van der Waals surface area (Å²) in [7, 11) is 0. The maximum absolute atomic E-state index is 11.7. The van der Waals surface area contributed by atoms with Crippen molar-refractivity contribution >= 4 is 45.0 Å². The zero-order valence-corrected chi connectivity index (χ0v) is 12.6. The van der Waals surface area contributed by atoms with Crippen LogP contribution >= 0.6 is 27.3 Å². The number of urea groups is 1. The van der Waals surface area contributed by atoms with Crippen molar-refractivity contribution in [2.24, 2.45) is 0 Å². The Morgan fingerprint density at radius 3 is 2.75 bits per heavy atom. The molecule has 20 heavy (non-hydrogen) atoms. The minimum absolute atomic E-state index is 0.0325. The molecule has 0 fully saturated rings. The quantitative estimate of drug-likeness (QED) is 0.785. The molecule has 5 nitrogen and oxygen atoms in total. The number of thiophene rings is 1. The van der Waals surface area contributed by atoms with E-state index in [1.807, 2.05) is 16.8 Å². The number of carboxylic acids is 1. The molecule has 7 heteroatoms. The SMILES string of the molecule is O=C(NCc1ccsc1)Nc1ccc(Br)cc1C(=O)O. The molecule has 0 aliphatic carbocycles. The minimum Gasteiger partial charge on any atom is -0.478 e. The predicted molar refractivity (Wildman–Crippen MR) is 81.3 cm³/mol. The molecule has 0 bridgehead atoms. The molecule has 0 radical (unpaired) electrons. The fraction of sp³-hybridized carbons (Fsp3) is 0.0769. The lowest BCUT2D eigenvalue weighted by atomic mass is 10.2.